The Morgan fingerprint density at radius 2 is 1.49 bits per heavy atom. The van der Waals surface area contributed by atoms with Crippen LogP contribution in [0.25, 0.3) is 0 Å². The quantitative estimate of drug-likeness (QED) is 0.444. The Hall–Kier alpha value is -3.84. The van der Waals surface area contributed by atoms with Gasteiger partial charge < -0.3 is 14.4 Å². The number of carbonyl (C=O) groups is 2. The fourth-order valence-electron chi connectivity index (χ4n) is 5.42. The van der Waals surface area contributed by atoms with Crippen LogP contribution in [0.1, 0.15) is 45.7 Å². The summed E-state index contributed by atoms with van der Waals surface area (Å²) in [6, 6.07) is 21.6. The first-order chi connectivity index (χ1) is 17.8. The first-order valence-electron chi connectivity index (χ1n) is 12.6. The molecule has 0 unspecified atom stereocenters. The average molecular weight is 500 g/mol. The van der Waals surface area contributed by atoms with Crippen LogP contribution in [0.5, 0.6) is 11.5 Å². The van der Waals surface area contributed by atoms with Gasteiger partial charge in [-0.05, 0) is 49.2 Å². The SMILES string of the molecule is COc1ccc(CN2C(=O)c3cccc(N4CCN(C(C)(C)c5ccccc5)CC4)c3C2=O)cc1OC. The molecule has 0 bridgehead atoms. The average Bonchev–Trinajstić information content (AvgIpc) is 3.18. The van der Waals surface area contributed by atoms with Gasteiger partial charge in [-0.2, -0.15) is 0 Å². The molecule has 192 valence electrons. The number of methoxy groups -OCH3 is 2. The van der Waals surface area contributed by atoms with E-state index in [9.17, 15) is 9.59 Å². The lowest BCUT2D eigenvalue weighted by molar-refractivity contribution is 0.0642. The third kappa shape index (κ3) is 4.44. The van der Waals surface area contributed by atoms with Crippen molar-refractivity contribution in [2.75, 3.05) is 45.3 Å². The summed E-state index contributed by atoms with van der Waals surface area (Å²) in [5, 5.41) is 0. The maximum atomic E-state index is 13.6. The lowest BCUT2D eigenvalue weighted by Gasteiger charge is -2.45. The molecule has 1 saturated heterocycles. The van der Waals surface area contributed by atoms with Crippen molar-refractivity contribution in [3.8, 4) is 11.5 Å². The third-order valence-electron chi connectivity index (χ3n) is 7.66. The molecule has 7 nitrogen and oxygen atoms in total. The molecule has 0 atom stereocenters. The molecule has 2 aliphatic heterocycles. The molecule has 0 saturated carbocycles. The second-order valence-electron chi connectivity index (χ2n) is 9.98. The molecule has 2 amide bonds. The molecule has 1 fully saturated rings. The van der Waals surface area contributed by atoms with Crippen LogP contribution < -0.4 is 14.4 Å². The molecule has 0 aromatic heterocycles. The summed E-state index contributed by atoms with van der Waals surface area (Å²) in [5.41, 5.74) is 3.80. The van der Waals surface area contributed by atoms with E-state index in [4.69, 9.17) is 9.47 Å². The Morgan fingerprint density at radius 3 is 2.16 bits per heavy atom. The van der Waals surface area contributed by atoms with E-state index in [0.29, 0.717) is 22.6 Å². The van der Waals surface area contributed by atoms with E-state index in [0.717, 1.165) is 37.4 Å². The molecule has 7 heteroatoms. The summed E-state index contributed by atoms with van der Waals surface area (Å²) >= 11 is 0. The number of anilines is 1. The summed E-state index contributed by atoms with van der Waals surface area (Å²) < 4.78 is 10.7. The number of hydrogen-bond donors (Lipinski definition) is 0. The molecule has 37 heavy (non-hydrogen) atoms. The van der Waals surface area contributed by atoms with Crippen molar-refractivity contribution >= 4 is 17.5 Å². The Morgan fingerprint density at radius 1 is 0.784 bits per heavy atom. The van der Waals surface area contributed by atoms with E-state index in [1.807, 2.05) is 24.3 Å². The fraction of sp³-hybridized carbons (Fsp3) is 0.333. The van der Waals surface area contributed by atoms with Crippen LogP contribution in [-0.2, 0) is 12.1 Å². The maximum Gasteiger partial charge on any atom is 0.263 e. The molecule has 0 radical (unpaired) electrons. The van der Waals surface area contributed by atoms with Crippen LogP contribution in [-0.4, -0.2) is 62.0 Å². The van der Waals surface area contributed by atoms with E-state index >= 15 is 0 Å². The smallest absolute Gasteiger partial charge is 0.263 e. The van der Waals surface area contributed by atoms with Crippen molar-refractivity contribution in [2.45, 2.75) is 25.9 Å². The Kier molecular flexibility index (Phi) is 6.65. The van der Waals surface area contributed by atoms with Gasteiger partial charge in [-0.25, -0.2) is 0 Å². The number of piperazine rings is 1. The van der Waals surface area contributed by atoms with Gasteiger partial charge in [0.05, 0.1) is 37.6 Å². The number of amides is 2. The van der Waals surface area contributed by atoms with Gasteiger partial charge in [0, 0.05) is 31.7 Å². The molecule has 5 rings (SSSR count). The number of nitrogens with zero attached hydrogens (tertiary/aromatic N) is 3. The highest BCUT2D eigenvalue weighted by atomic mass is 16.5. The highest BCUT2D eigenvalue weighted by Crippen LogP contribution is 2.36. The fourth-order valence-corrected chi connectivity index (χ4v) is 5.42. The van der Waals surface area contributed by atoms with Crippen LogP contribution in [0.4, 0.5) is 5.69 Å². The van der Waals surface area contributed by atoms with Crippen LogP contribution >= 0.6 is 0 Å². The summed E-state index contributed by atoms with van der Waals surface area (Å²) in [7, 11) is 3.14. The predicted molar refractivity (Wildman–Crippen MR) is 143 cm³/mol. The van der Waals surface area contributed by atoms with Crippen molar-refractivity contribution in [1.82, 2.24) is 9.80 Å². The molecule has 2 aliphatic rings. The summed E-state index contributed by atoms with van der Waals surface area (Å²) in [5.74, 6) is 0.650. The minimum atomic E-state index is -0.263. The Bertz CT molecular complexity index is 1310. The van der Waals surface area contributed by atoms with Crippen LogP contribution in [0, 0.1) is 0 Å². The maximum absolute atomic E-state index is 13.6. The lowest BCUT2D eigenvalue weighted by Crippen LogP contribution is -2.53. The van der Waals surface area contributed by atoms with Gasteiger partial charge in [0.25, 0.3) is 11.8 Å². The van der Waals surface area contributed by atoms with Crippen molar-refractivity contribution in [3.63, 3.8) is 0 Å². The number of hydrogen-bond acceptors (Lipinski definition) is 6. The lowest BCUT2D eigenvalue weighted by atomic mass is 9.91. The van der Waals surface area contributed by atoms with E-state index < -0.39 is 0 Å². The Labute approximate surface area is 218 Å². The van der Waals surface area contributed by atoms with Crippen molar-refractivity contribution in [1.29, 1.82) is 0 Å². The number of benzene rings is 3. The van der Waals surface area contributed by atoms with E-state index in [1.165, 1.54) is 10.5 Å². The van der Waals surface area contributed by atoms with Crippen molar-refractivity contribution in [2.24, 2.45) is 0 Å². The van der Waals surface area contributed by atoms with Crippen molar-refractivity contribution in [3.05, 3.63) is 89.0 Å². The number of imide groups is 1. The largest absolute Gasteiger partial charge is 0.493 e. The zero-order chi connectivity index (χ0) is 26.2. The number of ether oxygens (including phenoxy) is 2. The predicted octanol–water partition coefficient (Wildman–Crippen LogP) is 4.56. The summed E-state index contributed by atoms with van der Waals surface area (Å²) in [6.45, 7) is 7.98. The number of fused-ring (bicyclic) bond motifs is 1. The zero-order valence-corrected chi connectivity index (χ0v) is 21.9. The minimum absolute atomic E-state index is 0.0893. The molecule has 0 spiro atoms. The van der Waals surface area contributed by atoms with E-state index in [-0.39, 0.29) is 23.9 Å². The molecule has 0 aliphatic carbocycles. The van der Waals surface area contributed by atoms with Gasteiger partial charge in [-0.3, -0.25) is 19.4 Å². The standard InChI is InChI=1S/C30H33N3O4/c1-30(2,22-9-6-5-7-10-22)32-17-15-31(16-18-32)24-12-8-11-23-27(24)29(35)33(28(23)34)20-21-13-14-25(36-3)26(19-21)37-4/h5-14,19H,15-18,20H2,1-4H3. The van der Waals surface area contributed by atoms with Crippen LogP contribution in [0.3, 0.4) is 0 Å². The first-order valence-corrected chi connectivity index (χ1v) is 12.6. The summed E-state index contributed by atoms with van der Waals surface area (Å²) in [6.07, 6.45) is 0. The molecule has 3 aromatic carbocycles. The van der Waals surface area contributed by atoms with Gasteiger partial charge in [0.15, 0.2) is 11.5 Å². The second kappa shape index (κ2) is 9.90. The van der Waals surface area contributed by atoms with Gasteiger partial charge in [-0.15, -0.1) is 0 Å². The number of rotatable bonds is 7. The summed E-state index contributed by atoms with van der Waals surface area (Å²) in [4.78, 5) is 32.9. The normalized spacial score (nSPS) is 16.2. The van der Waals surface area contributed by atoms with Crippen LogP contribution in [0.15, 0.2) is 66.7 Å². The van der Waals surface area contributed by atoms with Gasteiger partial charge in [0.2, 0.25) is 0 Å². The monoisotopic (exact) mass is 499 g/mol. The van der Waals surface area contributed by atoms with Gasteiger partial charge >= 0.3 is 0 Å². The number of carbonyl (C=O) groups excluding carboxylic acids is 2. The molecule has 0 N–H and O–H groups in total. The highest BCUT2D eigenvalue weighted by molar-refractivity contribution is 6.23. The topological polar surface area (TPSA) is 62.3 Å². The van der Waals surface area contributed by atoms with E-state index in [1.54, 1.807) is 32.4 Å². The van der Waals surface area contributed by atoms with E-state index in [2.05, 4.69) is 47.9 Å². The molecular formula is C30H33N3O4. The highest BCUT2D eigenvalue weighted by Gasteiger charge is 2.39. The van der Waals surface area contributed by atoms with Gasteiger partial charge in [-0.1, -0.05) is 42.5 Å². The third-order valence-corrected chi connectivity index (χ3v) is 7.66. The van der Waals surface area contributed by atoms with Crippen molar-refractivity contribution < 1.29 is 19.1 Å². The molecule has 3 aromatic rings. The zero-order valence-electron chi connectivity index (χ0n) is 21.9. The first kappa shape index (κ1) is 24.8. The minimum Gasteiger partial charge on any atom is -0.493 e. The van der Waals surface area contributed by atoms with Crippen LogP contribution in [0.2, 0.25) is 0 Å². The molecular weight excluding hydrogens is 466 g/mol. The Balaban J connectivity index is 1.34. The van der Waals surface area contributed by atoms with Gasteiger partial charge in [0.1, 0.15) is 0 Å². The molecule has 2 heterocycles. The second-order valence-corrected chi connectivity index (χ2v) is 9.98.